The van der Waals surface area contributed by atoms with Crippen LogP contribution in [0.5, 0.6) is 0 Å². The first-order valence-electron chi connectivity index (χ1n) is 10.6. The maximum absolute atomic E-state index is 13.4. The second kappa shape index (κ2) is 11.3. The molecule has 2 rings (SSSR count). The van der Waals surface area contributed by atoms with E-state index in [9.17, 15) is 31.2 Å². The van der Waals surface area contributed by atoms with Crippen LogP contribution in [0.25, 0.3) is 0 Å². The number of carbonyl (C=O) groups is 2. The van der Waals surface area contributed by atoms with Crippen LogP contribution in [-0.4, -0.2) is 50.0 Å². The van der Waals surface area contributed by atoms with Crippen LogP contribution in [0, 0.1) is 0 Å². The number of hydrogen-bond donors (Lipinski definition) is 1. The van der Waals surface area contributed by atoms with Gasteiger partial charge in [0.2, 0.25) is 21.8 Å². The molecule has 0 radical (unpaired) electrons. The molecule has 192 valence electrons. The molecule has 2 aromatic carbocycles. The third-order valence-electron chi connectivity index (χ3n) is 5.02. The molecule has 2 amide bonds. The number of amides is 2. The molecule has 0 saturated carbocycles. The summed E-state index contributed by atoms with van der Waals surface area (Å²) in [6.07, 6.45) is -4.00. The molecule has 0 fully saturated rings. The normalized spacial score (nSPS) is 12.8. The fraction of sp³-hybridized carbons (Fsp3) is 0.391. The molecule has 0 aromatic heterocycles. The topological polar surface area (TPSA) is 86.8 Å². The van der Waals surface area contributed by atoms with Crippen LogP contribution >= 0.6 is 11.6 Å². The van der Waals surface area contributed by atoms with Crippen molar-refractivity contribution in [2.24, 2.45) is 0 Å². The molecular formula is C23H27ClF3N3O4S. The van der Waals surface area contributed by atoms with Gasteiger partial charge in [0.15, 0.2) is 0 Å². The number of anilines is 1. The van der Waals surface area contributed by atoms with E-state index < -0.39 is 51.9 Å². The van der Waals surface area contributed by atoms with Crippen molar-refractivity contribution in [3.8, 4) is 0 Å². The fourth-order valence-corrected chi connectivity index (χ4v) is 4.37. The van der Waals surface area contributed by atoms with Crippen LogP contribution in [0.15, 0.2) is 48.5 Å². The average molecular weight is 534 g/mol. The lowest BCUT2D eigenvalue weighted by Crippen LogP contribution is -2.52. The molecule has 0 aliphatic heterocycles. The van der Waals surface area contributed by atoms with E-state index in [1.54, 1.807) is 44.2 Å². The Balaban J connectivity index is 2.48. The van der Waals surface area contributed by atoms with Gasteiger partial charge in [0.05, 0.1) is 22.5 Å². The molecule has 0 unspecified atom stereocenters. The Labute approximate surface area is 207 Å². The zero-order chi connectivity index (χ0) is 26.6. The molecular weight excluding hydrogens is 507 g/mol. The molecule has 0 heterocycles. The Morgan fingerprint density at radius 2 is 1.66 bits per heavy atom. The van der Waals surface area contributed by atoms with Crippen LogP contribution in [0.2, 0.25) is 5.02 Å². The second-order valence-electron chi connectivity index (χ2n) is 8.28. The Bertz CT molecular complexity index is 1160. The van der Waals surface area contributed by atoms with E-state index in [1.807, 2.05) is 0 Å². The molecule has 0 spiro atoms. The van der Waals surface area contributed by atoms with Crippen molar-refractivity contribution in [2.45, 2.75) is 45.6 Å². The van der Waals surface area contributed by atoms with Gasteiger partial charge in [0.25, 0.3) is 0 Å². The van der Waals surface area contributed by atoms with Crippen molar-refractivity contribution in [2.75, 3.05) is 17.1 Å². The largest absolute Gasteiger partial charge is 0.416 e. The monoisotopic (exact) mass is 533 g/mol. The van der Waals surface area contributed by atoms with Crippen molar-refractivity contribution in [1.82, 2.24) is 10.2 Å². The lowest BCUT2D eigenvalue weighted by molar-refractivity contribution is -0.139. The minimum absolute atomic E-state index is 0.0275. The maximum atomic E-state index is 13.4. The highest BCUT2D eigenvalue weighted by atomic mass is 35.5. The minimum Gasteiger partial charge on any atom is -0.352 e. The lowest BCUT2D eigenvalue weighted by Gasteiger charge is -2.32. The van der Waals surface area contributed by atoms with Gasteiger partial charge in [-0.15, -0.1) is 0 Å². The lowest BCUT2D eigenvalue weighted by atomic mass is 10.1. The number of sulfonamides is 1. The first-order chi connectivity index (χ1) is 16.1. The number of alkyl halides is 3. The van der Waals surface area contributed by atoms with Gasteiger partial charge >= 0.3 is 6.18 Å². The van der Waals surface area contributed by atoms with Gasteiger partial charge in [0.1, 0.15) is 12.6 Å². The molecule has 1 N–H and O–H groups in total. The van der Waals surface area contributed by atoms with E-state index in [4.69, 9.17) is 11.6 Å². The Kier molecular flexibility index (Phi) is 9.18. The summed E-state index contributed by atoms with van der Waals surface area (Å²) in [5.74, 6) is -1.26. The van der Waals surface area contributed by atoms with Crippen LogP contribution in [-0.2, 0) is 32.3 Å². The number of nitrogens with zero attached hydrogens (tertiary/aromatic N) is 2. The van der Waals surface area contributed by atoms with Crippen molar-refractivity contribution < 1.29 is 31.2 Å². The third kappa shape index (κ3) is 7.86. The Hall–Kier alpha value is -2.79. The molecule has 2 aromatic rings. The molecule has 0 aliphatic rings. The van der Waals surface area contributed by atoms with Crippen molar-refractivity contribution >= 4 is 39.1 Å². The summed E-state index contributed by atoms with van der Waals surface area (Å²) in [6.45, 7) is 4.09. The first kappa shape index (κ1) is 28.4. The van der Waals surface area contributed by atoms with Crippen molar-refractivity contribution in [1.29, 1.82) is 0 Å². The summed E-state index contributed by atoms with van der Waals surface area (Å²) >= 11 is 6.05. The molecule has 1 atom stereocenters. The average Bonchev–Trinajstić information content (AvgIpc) is 2.74. The van der Waals surface area contributed by atoms with Gasteiger partial charge < -0.3 is 10.2 Å². The van der Waals surface area contributed by atoms with Crippen LogP contribution < -0.4 is 9.62 Å². The van der Waals surface area contributed by atoms with Gasteiger partial charge in [0, 0.05) is 12.6 Å². The van der Waals surface area contributed by atoms with E-state index >= 15 is 0 Å². The molecule has 0 bridgehead atoms. The highest BCUT2D eigenvalue weighted by molar-refractivity contribution is 7.92. The van der Waals surface area contributed by atoms with Gasteiger partial charge in [-0.2, -0.15) is 13.2 Å². The molecule has 0 saturated heterocycles. The zero-order valence-electron chi connectivity index (χ0n) is 19.6. The minimum atomic E-state index is -4.75. The van der Waals surface area contributed by atoms with E-state index in [1.165, 1.54) is 11.8 Å². The van der Waals surface area contributed by atoms with E-state index in [0.29, 0.717) is 22.0 Å². The summed E-state index contributed by atoms with van der Waals surface area (Å²) in [7, 11) is -4.24. The second-order valence-corrected chi connectivity index (χ2v) is 10.6. The number of hydrogen-bond acceptors (Lipinski definition) is 4. The maximum Gasteiger partial charge on any atom is 0.416 e. The standard InChI is InChI=1S/C23H27ClF3N3O4S/c1-15(2)28-22(32)16(3)29(13-17-8-6-5-7-9-17)21(31)14-30(35(4,33)34)20-12-18(23(25,26)27)10-11-19(20)24/h5-12,15-16H,13-14H2,1-4H3,(H,28,32)/t16-/m1/s1. The fourth-order valence-electron chi connectivity index (χ4n) is 3.24. The summed E-state index contributed by atoms with van der Waals surface area (Å²) in [5, 5.41) is 2.42. The number of halogens is 4. The predicted molar refractivity (Wildman–Crippen MR) is 128 cm³/mol. The van der Waals surface area contributed by atoms with Gasteiger partial charge in [-0.05, 0) is 44.5 Å². The van der Waals surface area contributed by atoms with Crippen molar-refractivity contribution in [3.05, 3.63) is 64.7 Å². The summed E-state index contributed by atoms with van der Waals surface area (Å²) < 4.78 is 65.4. The molecule has 12 heteroatoms. The van der Waals surface area contributed by atoms with Crippen LogP contribution in [0.4, 0.5) is 18.9 Å². The van der Waals surface area contributed by atoms with Crippen LogP contribution in [0.1, 0.15) is 31.9 Å². The number of benzene rings is 2. The van der Waals surface area contributed by atoms with E-state index in [0.717, 1.165) is 12.3 Å². The summed E-state index contributed by atoms with van der Waals surface area (Å²) in [6, 6.07) is 9.70. The van der Waals surface area contributed by atoms with E-state index in [-0.39, 0.29) is 17.6 Å². The Morgan fingerprint density at radius 3 is 2.17 bits per heavy atom. The molecule has 35 heavy (non-hydrogen) atoms. The molecule has 7 nitrogen and oxygen atoms in total. The van der Waals surface area contributed by atoms with E-state index in [2.05, 4.69) is 5.32 Å². The summed E-state index contributed by atoms with van der Waals surface area (Å²) in [4.78, 5) is 27.2. The highest BCUT2D eigenvalue weighted by Gasteiger charge is 2.34. The van der Waals surface area contributed by atoms with Crippen molar-refractivity contribution in [3.63, 3.8) is 0 Å². The smallest absolute Gasteiger partial charge is 0.352 e. The first-order valence-corrected chi connectivity index (χ1v) is 12.8. The van der Waals surface area contributed by atoms with Gasteiger partial charge in [-0.25, -0.2) is 8.42 Å². The predicted octanol–water partition coefficient (Wildman–Crippen LogP) is 4.07. The van der Waals surface area contributed by atoms with Gasteiger partial charge in [-0.3, -0.25) is 13.9 Å². The number of nitrogens with one attached hydrogen (secondary N) is 1. The van der Waals surface area contributed by atoms with Gasteiger partial charge in [-0.1, -0.05) is 41.9 Å². The highest BCUT2D eigenvalue weighted by Crippen LogP contribution is 2.36. The van der Waals surface area contributed by atoms with Crippen LogP contribution in [0.3, 0.4) is 0 Å². The number of carbonyl (C=O) groups excluding carboxylic acids is 2. The zero-order valence-corrected chi connectivity index (χ0v) is 21.2. The summed E-state index contributed by atoms with van der Waals surface area (Å²) in [5.41, 5.74) is -0.937. The quantitative estimate of drug-likeness (QED) is 0.526. The SMILES string of the molecule is CC(C)NC(=O)[C@@H](C)N(Cc1ccccc1)C(=O)CN(c1cc(C(F)(F)F)ccc1Cl)S(C)(=O)=O. The third-order valence-corrected chi connectivity index (χ3v) is 6.46. The molecule has 0 aliphatic carbocycles. The number of rotatable bonds is 9. The Morgan fingerprint density at radius 1 is 1.06 bits per heavy atom.